The average molecular weight is 251 g/mol. The number of alkyl halides is 3. The van der Waals surface area contributed by atoms with Crippen molar-refractivity contribution in [2.24, 2.45) is 0 Å². The summed E-state index contributed by atoms with van der Waals surface area (Å²) in [6, 6.07) is 4.10. The van der Waals surface area contributed by atoms with Crippen LogP contribution in [-0.2, 0) is 0 Å². The van der Waals surface area contributed by atoms with Gasteiger partial charge in [0.25, 0.3) is 0 Å². The maximum atomic E-state index is 12.7. The molecule has 16 heavy (non-hydrogen) atoms. The molecular formula is C10H9ClF2O3. The number of hydrogen-bond acceptors (Lipinski definition) is 3. The number of halogens is 3. The fourth-order valence-corrected chi connectivity index (χ4v) is 1.54. The second-order valence-electron chi connectivity index (χ2n) is 3.35. The predicted molar refractivity (Wildman–Crippen MR) is 53.2 cm³/mol. The maximum absolute atomic E-state index is 12.7. The summed E-state index contributed by atoms with van der Waals surface area (Å²) in [5, 5.41) is 5.58. The molecule has 6 heteroatoms. The molecule has 1 heterocycles. The van der Waals surface area contributed by atoms with Crippen LogP contribution in [0.1, 0.15) is 11.7 Å². The number of aliphatic hydroxyl groups excluding tert-OH is 1. The molecule has 0 aromatic heterocycles. The van der Waals surface area contributed by atoms with Crippen LogP contribution in [0.25, 0.3) is 0 Å². The Labute approximate surface area is 95.5 Å². The van der Waals surface area contributed by atoms with Crippen molar-refractivity contribution in [2.45, 2.75) is 11.5 Å². The van der Waals surface area contributed by atoms with Gasteiger partial charge in [0.1, 0.15) is 13.2 Å². The maximum Gasteiger partial charge on any atom is 0.351 e. The molecule has 1 aromatic rings. The highest BCUT2D eigenvalue weighted by molar-refractivity contribution is 6.22. The monoisotopic (exact) mass is 250 g/mol. The van der Waals surface area contributed by atoms with E-state index < -0.39 is 11.5 Å². The van der Waals surface area contributed by atoms with Crippen molar-refractivity contribution in [3.63, 3.8) is 0 Å². The van der Waals surface area contributed by atoms with Crippen LogP contribution in [0.2, 0.25) is 0 Å². The molecule has 88 valence electrons. The molecule has 2 rings (SSSR count). The molecule has 0 saturated carbocycles. The Hall–Kier alpha value is -1.07. The fourth-order valence-electron chi connectivity index (χ4n) is 1.42. The summed E-state index contributed by atoms with van der Waals surface area (Å²) >= 11 is 4.75. The minimum Gasteiger partial charge on any atom is -0.486 e. The lowest BCUT2D eigenvalue weighted by Gasteiger charge is -2.21. The number of ether oxygens (including phenoxy) is 2. The van der Waals surface area contributed by atoms with Crippen LogP contribution in [0.5, 0.6) is 11.5 Å². The molecule has 1 unspecified atom stereocenters. The highest BCUT2D eigenvalue weighted by Gasteiger charge is 2.37. The highest BCUT2D eigenvalue weighted by Crippen LogP contribution is 2.39. The zero-order chi connectivity index (χ0) is 11.8. The van der Waals surface area contributed by atoms with Crippen molar-refractivity contribution in [1.82, 2.24) is 0 Å². The molecule has 0 bridgehead atoms. The molecule has 0 saturated heterocycles. The standard InChI is InChI=1S/C10H9ClF2O3/c11-10(12,13)9(14)6-1-2-7-8(5-6)16-4-3-15-7/h1-2,5,9,14H,3-4H2. The largest absolute Gasteiger partial charge is 0.486 e. The Kier molecular flexibility index (Phi) is 2.90. The fraction of sp³-hybridized carbons (Fsp3) is 0.400. The van der Waals surface area contributed by atoms with Gasteiger partial charge < -0.3 is 14.6 Å². The summed E-state index contributed by atoms with van der Waals surface area (Å²) in [4.78, 5) is 0. The van der Waals surface area contributed by atoms with Crippen LogP contribution in [0.4, 0.5) is 8.78 Å². The number of fused-ring (bicyclic) bond motifs is 1. The molecular weight excluding hydrogens is 242 g/mol. The Morgan fingerprint density at radius 3 is 2.50 bits per heavy atom. The number of rotatable bonds is 2. The normalized spacial score (nSPS) is 17.0. The molecule has 1 aliphatic rings. The summed E-state index contributed by atoms with van der Waals surface area (Å²) < 4.78 is 35.8. The van der Waals surface area contributed by atoms with E-state index in [1.54, 1.807) is 0 Å². The molecule has 0 radical (unpaired) electrons. The zero-order valence-corrected chi connectivity index (χ0v) is 8.88. The number of hydrogen-bond donors (Lipinski definition) is 1. The lowest BCUT2D eigenvalue weighted by atomic mass is 10.1. The first-order valence-electron chi connectivity index (χ1n) is 4.63. The summed E-state index contributed by atoms with van der Waals surface area (Å²) in [6.45, 7) is 0.768. The third-order valence-electron chi connectivity index (χ3n) is 2.19. The molecule has 0 spiro atoms. The van der Waals surface area contributed by atoms with Crippen molar-refractivity contribution < 1.29 is 23.4 Å². The van der Waals surface area contributed by atoms with E-state index in [1.807, 2.05) is 0 Å². The third kappa shape index (κ3) is 2.20. The third-order valence-corrected chi connectivity index (χ3v) is 2.40. The van der Waals surface area contributed by atoms with Gasteiger partial charge in [0, 0.05) is 0 Å². The van der Waals surface area contributed by atoms with Crippen molar-refractivity contribution in [1.29, 1.82) is 0 Å². The Morgan fingerprint density at radius 1 is 1.25 bits per heavy atom. The van der Waals surface area contributed by atoms with Gasteiger partial charge >= 0.3 is 5.38 Å². The Balaban J connectivity index is 2.30. The van der Waals surface area contributed by atoms with Gasteiger partial charge in [-0.3, -0.25) is 0 Å². The van der Waals surface area contributed by atoms with E-state index in [2.05, 4.69) is 0 Å². The lowest BCUT2D eigenvalue weighted by molar-refractivity contribution is -0.0426. The number of aliphatic hydroxyl groups is 1. The SMILES string of the molecule is OC(c1ccc2c(c1)OCCO2)C(F)(F)Cl. The second kappa shape index (κ2) is 4.07. The molecule has 3 nitrogen and oxygen atoms in total. The highest BCUT2D eigenvalue weighted by atomic mass is 35.5. The molecule has 1 atom stereocenters. The van der Waals surface area contributed by atoms with Crippen LogP contribution in [0.3, 0.4) is 0 Å². The summed E-state index contributed by atoms with van der Waals surface area (Å²) in [5.41, 5.74) is -0.00995. The smallest absolute Gasteiger partial charge is 0.351 e. The first-order valence-corrected chi connectivity index (χ1v) is 5.00. The lowest BCUT2D eigenvalue weighted by Crippen LogP contribution is -2.20. The molecule has 0 fully saturated rings. The summed E-state index contributed by atoms with van der Waals surface area (Å²) in [7, 11) is 0. The van der Waals surface area contributed by atoms with Gasteiger partial charge in [0.2, 0.25) is 0 Å². The topological polar surface area (TPSA) is 38.7 Å². The van der Waals surface area contributed by atoms with E-state index in [0.717, 1.165) is 0 Å². The van der Waals surface area contributed by atoms with Gasteiger partial charge in [-0.15, -0.1) is 0 Å². The van der Waals surface area contributed by atoms with Crippen LogP contribution in [-0.4, -0.2) is 23.7 Å². The van der Waals surface area contributed by atoms with E-state index in [9.17, 15) is 13.9 Å². The van der Waals surface area contributed by atoms with E-state index >= 15 is 0 Å². The van der Waals surface area contributed by atoms with E-state index in [-0.39, 0.29) is 5.56 Å². The molecule has 0 aliphatic carbocycles. The minimum atomic E-state index is -3.70. The van der Waals surface area contributed by atoms with Gasteiger partial charge in [-0.2, -0.15) is 8.78 Å². The van der Waals surface area contributed by atoms with Gasteiger partial charge in [-0.25, -0.2) is 0 Å². The van der Waals surface area contributed by atoms with Gasteiger partial charge in [-0.1, -0.05) is 6.07 Å². The molecule has 1 aliphatic heterocycles. The zero-order valence-electron chi connectivity index (χ0n) is 8.12. The summed E-state index contributed by atoms with van der Waals surface area (Å²) in [5.74, 6) is 0.809. The summed E-state index contributed by atoms with van der Waals surface area (Å²) in [6.07, 6.45) is -2.06. The minimum absolute atomic E-state index is 0.00995. The quantitative estimate of drug-likeness (QED) is 0.819. The average Bonchev–Trinajstić information content (AvgIpc) is 2.26. The van der Waals surface area contributed by atoms with Crippen molar-refractivity contribution >= 4 is 11.6 Å². The van der Waals surface area contributed by atoms with Gasteiger partial charge in [0.05, 0.1) is 0 Å². The first-order chi connectivity index (χ1) is 7.48. The Morgan fingerprint density at radius 2 is 1.88 bits per heavy atom. The van der Waals surface area contributed by atoms with E-state index in [1.165, 1.54) is 18.2 Å². The molecule has 1 aromatic carbocycles. The van der Waals surface area contributed by atoms with Crippen molar-refractivity contribution in [3.8, 4) is 11.5 Å². The van der Waals surface area contributed by atoms with Crippen LogP contribution in [0.15, 0.2) is 18.2 Å². The van der Waals surface area contributed by atoms with Crippen molar-refractivity contribution in [2.75, 3.05) is 13.2 Å². The van der Waals surface area contributed by atoms with Crippen molar-refractivity contribution in [3.05, 3.63) is 23.8 Å². The van der Waals surface area contributed by atoms with Gasteiger partial charge in [-0.05, 0) is 29.3 Å². The first kappa shape index (κ1) is 11.4. The Bertz CT molecular complexity index is 392. The van der Waals surface area contributed by atoms with E-state index in [0.29, 0.717) is 24.7 Å². The second-order valence-corrected chi connectivity index (χ2v) is 3.85. The predicted octanol–water partition coefficient (Wildman–Crippen LogP) is 2.32. The van der Waals surface area contributed by atoms with Crippen LogP contribution < -0.4 is 9.47 Å². The van der Waals surface area contributed by atoms with Gasteiger partial charge in [0.15, 0.2) is 17.6 Å². The van der Waals surface area contributed by atoms with Crippen LogP contribution in [0, 0.1) is 0 Å². The van der Waals surface area contributed by atoms with Crippen LogP contribution >= 0.6 is 11.6 Å². The molecule has 1 N–H and O–H groups in total. The number of benzene rings is 1. The van der Waals surface area contributed by atoms with E-state index in [4.69, 9.17) is 21.1 Å². The molecule has 0 amide bonds.